The summed E-state index contributed by atoms with van der Waals surface area (Å²) in [6.45, 7) is 12.7. The molecule has 0 atom stereocenters. The molecule has 0 bridgehead atoms. The fraction of sp³-hybridized carbons (Fsp3) is 0.577. The summed E-state index contributed by atoms with van der Waals surface area (Å²) in [5.41, 5.74) is 2.91. The van der Waals surface area contributed by atoms with E-state index in [2.05, 4.69) is 74.7 Å². The average Bonchev–Trinajstić information content (AvgIpc) is 3.47. The van der Waals surface area contributed by atoms with Crippen LogP contribution in [0.4, 0.5) is 0 Å². The Morgan fingerprint density at radius 3 is 2.77 bits per heavy atom. The normalized spacial score (nSPS) is 23.3. The van der Waals surface area contributed by atoms with E-state index in [9.17, 15) is 5.26 Å². The van der Waals surface area contributed by atoms with E-state index in [0.29, 0.717) is 19.2 Å². The Balaban J connectivity index is 1.32. The Morgan fingerprint density at radius 1 is 1.23 bits per heavy atom. The van der Waals surface area contributed by atoms with Crippen LogP contribution in [0.1, 0.15) is 19.3 Å². The first-order valence-corrected chi connectivity index (χ1v) is 16.5. The second-order valence-corrected chi connectivity index (χ2v) is 16.9. The first kappa shape index (κ1) is 24.2. The van der Waals surface area contributed by atoms with E-state index in [1.165, 1.54) is 0 Å². The number of aromatic nitrogens is 4. The van der Waals surface area contributed by atoms with Crippen molar-refractivity contribution in [3.05, 3.63) is 36.9 Å². The number of hydrogen-bond acceptors (Lipinski definition) is 6. The zero-order valence-corrected chi connectivity index (χ0v) is 22.2. The van der Waals surface area contributed by atoms with Crippen LogP contribution in [0, 0.1) is 11.3 Å². The van der Waals surface area contributed by atoms with Crippen LogP contribution in [0.25, 0.3) is 22.2 Å². The van der Waals surface area contributed by atoms with Crippen molar-refractivity contribution in [2.24, 2.45) is 0 Å². The van der Waals surface area contributed by atoms with Gasteiger partial charge in [0.25, 0.3) is 0 Å². The lowest BCUT2D eigenvalue weighted by molar-refractivity contribution is -0.00107. The largest absolute Gasteiger partial charge is 0.361 e. The summed E-state index contributed by atoms with van der Waals surface area (Å²) < 4.78 is 10.1. The molecule has 2 fully saturated rings. The van der Waals surface area contributed by atoms with Gasteiger partial charge in [0.2, 0.25) is 0 Å². The lowest BCUT2D eigenvalue weighted by atomic mass is 9.70. The van der Waals surface area contributed by atoms with Crippen LogP contribution in [0.2, 0.25) is 25.7 Å². The van der Waals surface area contributed by atoms with Crippen LogP contribution < -0.4 is 5.32 Å². The number of nitriles is 1. The van der Waals surface area contributed by atoms with Crippen molar-refractivity contribution in [2.75, 3.05) is 32.8 Å². The fourth-order valence-corrected chi connectivity index (χ4v) is 6.15. The molecule has 35 heavy (non-hydrogen) atoms. The van der Waals surface area contributed by atoms with E-state index in [4.69, 9.17) is 9.84 Å². The maximum absolute atomic E-state index is 9.59. The molecular formula is C26H37N7OSi. The predicted molar refractivity (Wildman–Crippen MR) is 141 cm³/mol. The first-order valence-electron chi connectivity index (χ1n) is 12.8. The topological polar surface area (TPSA) is 83.9 Å². The SMILES string of the molecule is C[Si](C)(C)CCOCn1ccc2c(-c3cnn([C@]4(CC#N)C[C@@H](N5CCNCC5)C4)c3)ccnc21. The van der Waals surface area contributed by atoms with Gasteiger partial charge in [-0.1, -0.05) is 19.6 Å². The summed E-state index contributed by atoms with van der Waals surface area (Å²) in [4.78, 5) is 7.21. The van der Waals surface area contributed by atoms with Crippen LogP contribution in [0.15, 0.2) is 36.9 Å². The number of fused-ring (bicyclic) bond motifs is 1. The minimum Gasteiger partial charge on any atom is -0.361 e. The Hall–Kier alpha value is -2.51. The molecule has 0 unspecified atom stereocenters. The molecule has 0 radical (unpaired) electrons. The number of pyridine rings is 1. The number of piperazine rings is 1. The van der Waals surface area contributed by atoms with Crippen LogP contribution >= 0.6 is 0 Å². The molecule has 186 valence electrons. The molecule has 9 heteroatoms. The van der Waals surface area contributed by atoms with Crippen molar-refractivity contribution in [1.29, 1.82) is 5.26 Å². The zero-order valence-electron chi connectivity index (χ0n) is 21.2. The van der Waals surface area contributed by atoms with E-state index in [-0.39, 0.29) is 5.54 Å². The van der Waals surface area contributed by atoms with E-state index < -0.39 is 8.07 Å². The molecule has 1 saturated carbocycles. The molecule has 5 rings (SSSR count). The van der Waals surface area contributed by atoms with Gasteiger partial charge < -0.3 is 14.6 Å². The van der Waals surface area contributed by atoms with Crippen molar-refractivity contribution < 1.29 is 4.74 Å². The highest BCUT2D eigenvalue weighted by molar-refractivity contribution is 6.76. The molecule has 1 N–H and O–H groups in total. The highest BCUT2D eigenvalue weighted by atomic mass is 28.3. The van der Waals surface area contributed by atoms with E-state index in [0.717, 1.165) is 73.8 Å². The van der Waals surface area contributed by atoms with E-state index in [1.807, 2.05) is 12.4 Å². The lowest BCUT2D eigenvalue weighted by Gasteiger charge is -2.51. The van der Waals surface area contributed by atoms with Gasteiger partial charge in [-0.2, -0.15) is 10.4 Å². The molecule has 1 saturated heterocycles. The monoisotopic (exact) mass is 491 g/mol. The van der Waals surface area contributed by atoms with Crippen molar-refractivity contribution in [3.8, 4) is 17.2 Å². The van der Waals surface area contributed by atoms with Crippen molar-refractivity contribution in [3.63, 3.8) is 0 Å². The van der Waals surface area contributed by atoms with Gasteiger partial charge in [0.15, 0.2) is 0 Å². The second-order valence-electron chi connectivity index (χ2n) is 11.3. The molecule has 0 spiro atoms. The van der Waals surface area contributed by atoms with Gasteiger partial charge in [0.1, 0.15) is 12.4 Å². The molecule has 4 heterocycles. The predicted octanol–water partition coefficient (Wildman–Crippen LogP) is 3.89. The van der Waals surface area contributed by atoms with Crippen LogP contribution in [-0.2, 0) is 17.0 Å². The maximum Gasteiger partial charge on any atom is 0.142 e. The molecule has 0 aromatic carbocycles. The summed E-state index contributed by atoms with van der Waals surface area (Å²) in [6, 6.07) is 8.30. The molecule has 2 aliphatic rings. The summed E-state index contributed by atoms with van der Waals surface area (Å²) >= 11 is 0. The van der Waals surface area contributed by atoms with Gasteiger partial charge >= 0.3 is 0 Å². The highest BCUT2D eigenvalue weighted by Gasteiger charge is 2.48. The van der Waals surface area contributed by atoms with Gasteiger partial charge in [-0.05, 0) is 36.6 Å². The second kappa shape index (κ2) is 9.86. The smallest absolute Gasteiger partial charge is 0.142 e. The number of hydrogen-bond donors (Lipinski definition) is 1. The third-order valence-corrected chi connectivity index (χ3v) is 9.28. The zero-order chi connectivity index (χ0) is 24.5. The minimum atomic E-state index is -1.10. The van der Waals surface area contributed by atoms with Crippen molar-refractivity contribution in [1.82, 2.24) is 29.5 Å². The number of rotatable bonds is 9. The van der Waals surface area contributed by atoms with Crippen LogP contribution in [-0.4, -0.2) is 71.1 Å². The third-order valence-electron chi connectivity index (χ3n) is 7.58. The summed E-state index contributed by atoms with van der Waals surface area (Å²) in [5, 5.41) is 18.9. The highest BCUT2D eigenvalue weighted by Crippen LogP contribution is 2.45. The summed E-state index contributed by atoms with van der Waals surface area (Å²) in [6.07, 6.45) is 10.4. The number of nitrogens with zero attached hydrogens (tertiary/aromatic N) is 6. The third kappa shape index (κ3) is 5.07. The molecule has 1 aliphatic heterocycles. The summed E-state index contributed by atoms with van der Waals surface area (Å²) in [5.74, 6) is 0. The van der Waals surface area contributed by atoms with Crippen LogP contribution in [0.5, 0.6) is 0 Å². The Bertz CT molecular complexity index is 1190. The van der Waals surface area contributed by atoms with Gasteiger partial charge in [-0.3, -0.25) is 9.58 Å². The Labute approximate surface area is 208 Å². The van der Waals surface area contributed by atoms with Crippen molar-refractivity contribution in [2.45, 2.75) is 63.3 Å². The standard InChI is InChI=1S/C26H37N7OSi/c1-35(2,3)15-14-34-20-32-11-5-24-23(4-8-29-25(24)32)21-18-30-33(19-21)26(6-7-27)16-22(17-26)31-12-9-28-10-13-31/h4-5,8,11,18-19,22,28H,6,9-10,12-17,20H2,1-3H3/t22-,26-. The van der Waals surface area contributed by atoms with Crippen LogP contribution in [0.3, 0.4) is 0 Å². The molecule has 0 amide bonds. The Morgan fingerprint density at radius 2 is 2.03 bits per heavy atom. The molecule has 8 nitrogen and oxygen atoms in total. The van der Waals surface area contributed by atoms with Gasteiger partial charge in [0, 0.05) is 76.4 Å². The van der Waals surface area contributed by atoms with E-state index in [1.54, 1.807) is 0 Å². The van der Waals surface area contributed by atoms with Gasteiger partial charge in [-0.25, -0.2) is 4.98 Å². The quantitative estimate of drug-likeness (QED) is 0.361. The van der Waals surface area contributed by atoms with Crippen molar-refractivity contribution >= 4 is 19.1 Å². The number of ether oxygens (including phenoxy) is 1. The Kier molecular flexibility index (Phi) is 6.81. The summed E-state index contributed by atoms with van der Waals surface area (Å²) in [7, 11) is -1.10. The maximum atomic E-state index is 9.59. The number of nitrogens with one attached hydrogen (secondary N) is 1. The van der Waals surface area contributed by atoms with E-state index >= 15 is 0 Å². The molecule has 3 aromatic rings. The lowest BCUT2D eigenvalue weighted by Crippen LogP contribution is -2.59. The molecule has 1 aliphatic carbocycles. The minimum absolute atomic E-state index is 0.204. The average molecular weight is 492 g/mol. The first-order chi connectivity index (χ1) is 16.9. The van der Waals surface area contributed by atoms with Gasteiger partial charge in [-0.15, -0.1) is 0 Å². The van der Waals surface area contributed by atoms with Gasteiger partial charge in [0.05, 0.1) is 24.2 Å². The molecular weight excluding hydrogens is 454 g/mol. The molecule has 3 aromatic heterocycles. The fourth-order valence-electron chi connectivity index (χ4n) is 5.39.